The summed E-state index contributed by atoms with van der Waals surface area (Å²) in [7, 11) is 0. The molecule has 0 saturated carbocycles. The molecule has 1 fully saturated rings. The van der Waals surface area contributed by atoms with Crippen LogP contribution in [0.5, 0.6) is 0 Å². The minimum Gasteiger partial charge on any atom is -0.279 e. The summed E-state index contributed by atoms with van der Waals surface area (Å²) in [6.07, 6.45) is 1.81. The van der Waals surface area contributed by atoms with Crippen LogP contribution in [-0.2, 0) is 16.0 Å². The maximum Gasteiger partial charge on any atom is 0.234 e. The van der Waals surface area contributed by atoms with Gasteiger partial charge in [-0.25, -0.2) is 0 Å². The summed E-state index contributed by atoms with van der Waals surface area (Å²) >= 11 is 12.4. The van der Waals surface area contributed by atoms with E-state index in [2.05, 4.69) is 0 Å². The van der Waals surface area contributed by atoms with Gasteiger partial charge in [-0.05, 0) is 42.2 Å². The second-order valence-electron chi connectivity index (χ2n) is 8.04. The van der Waals surface area contributed by atoms with Gasteiger partial charge in [0.05, 0.1) is 0 Å². The van der Waals surface area contributed by atoms with E-state index in [1.54, 1.807) is 12.1 Å². The first-order valence-electron chi connectivity index (χ1n) is 9.07. The molecular formula is C22H23Cl2NO2. The van der Waals surface area contributed by atoms with Crippen molar-refractivity contribution in [3.8, 4) is 11.1 Å². The first-order valence-corrected chi connectivity index (χ1v) is 9.83. The van der Waals surface area contributed by atoms with Crippen molar-refractivity contribution in [1.29, 1.82) is 0 Å². The van der Waals surface area contributed by atoms with Crippen molar-refractivity contribution < 1.29 is 9.59 Å². The van der Waals surface area contributed by atoms with Crippen molar-refractivity contribution in [3.63, 3.8) is 0 Å². The van der Waals surface area contributed by atoms with Gasteiger partial charge in [-0.3, -0.25) is 14.5 Å². The average molecular weight is 404 g/mol. The van der Waals surface area contributed by atoms with Crippen LogP contribution < -0.4 is 0 Å². The summed E-state index contributed by atoms with van der Waals surface area (Å²) < 4.78 is 0. The Morgan fingerprint density at radius 2 is 1.78 bits per heavy atom. The number of likely N-dealkylation sites (tertiary alicyclic amines) is 1. The van der Waals surface area contributed by atoms with Gasteiger partial charge in [0.1, 0.15) is 0 Å². The van der Waals surface area contributed by atoms with E-state index in [1.165, 1.54) is 4.90 Å². The fraction of sp³-hybridized carbons (Fsp3) is 0.364. The van der Waals surface area contributed by atoms with Crippen LogP contribution >= 0.6 is 23.2 Å². The van der Waals surface area contributed by atoms with Crippen LogP contribution in [0.15, 0.2) is 42.5 Å². The van der Waals surface area contributed by atoms with E-state index in [-0.39, 0.29) is 17.9 Å². The topological polar surface area (TPSA) is 37.4 Å². The lowest BCUT2D eigenvalue weighted by Crippen LogP contribution is -2.45. The quantitative estimate of drug-likeness (QED) is 0.652. The monoisotopic (exact) mass is 403 g/mol. The molecule has 142 valence electrons. The average Bonchev–Trinajstić information content (AvgIpc) is 2.96. The lowest BCUT2D eigenvalue weighted by molar-refractivity contribution is -0.149. The normalized spacial score (nSPS) is 17.4. The lowest BCUT2D eigenvalue weighted by Gasteiger charge is -2.29. The van der Waals surface area contributed by atoms with Crippen molar-refractivity contribution >= 4 is 35.0 Å². The van der Waals surface area contributed by atoms with E-state index < -0.39 is 5.41 Å². The van der Waals surface area contributed by atoms with Gasteiger partial charge in [0.2, 0.25) is 11.8 Å². The molecule has 1 atom stereocenters. The Labute approximate surface area is 170 Å². The van der Waals surface area contributed by atoms with Crippen LogP contribution in [0.2, 0.25) is 10.0 Å². The van der Waals surface area contributed by atoms with Crippen molar-refractivity contribution in [2.75, 3.05) is 0 Å². The highest BCUT2D eigenvalue weighted by molar-refractivity contribution is 6.35. The molecule has 27 heavy (non-hydrogen) atoms. The van der Waals surface area contributed by atoms with Gasteiger partial charge in [-0.15, -0.1) is 0 Å². The molecule has 0 bridgehead atoms. The molecule has 3 rings (SSSR count). The fourth-order valence-electron chi connectivity index (χ4n) is 3.39. The van der Waals surface area contributed by atoms with Crippen molar-refractivity contribution in [2.24, 2.45) is 5.41 Å². The van der Waals surface area contributed by atoms with Crippen LogP contribution in [0, 0.1) is 5.41 Å². The Kier molecular flexibility index (Phi) is 5.64. The number of amides is 2. The number of imide groups is 1. The van der Waals surface area contributed by atoms with Crippen LogP contribution in [0.4, 0.5) is 0 Å². The zero-order valence-corrected chi connectivity index (χ0v) is 17.3. The summed E-state index contributed by atoms with van der Waals surface area (Å²) in [5, 5.41) is 1.29. The van der Waals surface area contributed by atoms with Gasteiger partial charge in [0, 0.05) is 33.5 Å². The third kappa shape index (κ3) is 4.36. The highest BCUT2D eigenvalue weighted by atomic mass is 35.5. The van der Waals surface area contributed by atoms with Crippen molar-refractivity contribution in [1.82, 2.24) is 4.90 Å². The first-order chi connectivity index (χ1) is 12.7. The van der Waals surface area contributed by atoms with Crippen LogP contribution in [0.3, 0.4) is 0 Å². The van der Waals surface area contributed by atoms with Crippen molar-refractivity contribution in [3.05, 3.63) is 58.1 Å². The second-order valence-corrected chi connectivity index (χ2v) is 8.88. The highest BCUT2D eigenvalue weighted by Crippen LogP contribution is 2.32. The largest absolute Gasteiger partial charge is 0.279 e. The minimum atomic E-state index is -0.564. The third-order valence-corrected chi connectivity index (χ3v) is 5.42. The molecule has 1 saturated heterocycles. The molecule has 3 nitrogen and oxygen atoms in total. The third-order valence-electron chi connectivity index (χ3n) is 4.85. The fourth-order valence-corrected chi connectivity index (χ4v) is 3.79. The van der Waals surface area contributed by atoms with E-state index in [0.29, 0.717) is 29.3 Å². The summed E-state index contributed by atoms with van der Waals surface area (Å²) in [6.45, 7) is 5.55. The SMILES string of the molecule is CC(C)(C)C(=O)N1C(=O)CCC1Cc1ccc(-c2cc(Cl)ccc2Cl)cc1. The minimum absolute atomic E-state index is 0.0674. The summed E-state index contributed by atoms with van der Waals surface area (Å²) in [5.41, 5.74) is 2.39. The molecule has 0 aliphatic carbocycles. The Balaban J connectivity index is 1.79. The molecule has 1 heterocycles. The van der Waals surface area contributed by atoms with Gasteiger partial charge in [0.15, 0.2) is 0 Å². The van der Waals surface area contributed by atoms with E-state index in [0.717, 1.165) is 16.7 Å². The molecule has 2 aromatic rings. The summed E-state index contributed by atoms with van der Waals surface area (Å²) in [5.74, 6) is -0.167. The predicted molar refractivity (Wildman–Crippen MR) is 110 cm³/mol. The molecule has 2 aromatic carbocycles. The van der Waals surface area contributed by atoms with Crippen molar-refractivity contribution in [2.45, 2.75) is 46.1 Å². The molecule has 1 aliphatic heterocycles. The standard InChI is InChI=1S/C22H23Cl2NO2/c1-22(2,3)21(27)25-17(9-11-20(25)26)12-14-4-6-15(7-5-14)18-13-16(23)8-10-19(18)24/h4-8,10,13,17H,9,11-12H2,1-3H3. The molecule has 0 spiro atoms. The molecule has 1 unspecified atom stereocenters. The maximum atomic E-state index is 12.7. The highest BCUT2D eigenvalue weighted by Gasteiger charge is 2.40. The van der Waals surface area contributed by atoms with E-state index in [1.807, 2.05) is 51.1 Å². The van der Waals surface area contributed by atoms with E-state index >= 15 is 0 Å². The number of hydrogen-bond donors (Lipinski definition) is 0. The molecule has 0 aromatic heterocycles. The zero-order chi connectivity index (χ0) is 19.8. The number of carbonyl (C=O) groups is 2. The Bertz CT molecular complexity index is 869. The maximum absolute atomic E-state index is 12.7. The first kappa shape index (κ1) is 19.9. The van der Waals surface area contributed by atoms with E-state index in [4.69, 9.17) is 23.2 Å². The Hall–Kier alpha value is -1.84. The van der Waals surface area contributed by atoms with Crippen LogP contribution in [0.25, 0.3) is 11.1 Å². The number of nitrogens with zero attached hydrogens (tertiary/aromatic N) is 1. The number of benzene rings is 2. The van der Waals surface area contributed by atoms with Gasteiger partial charge in [0.25, 0.3) is 0 Å². The van der Waals surface area contributed by atoms with E-state index in [9.17, 15) is 9.59 Å². The molecular weight excluding hydrogens is 381 g/mol. The zero-order valence-electron chi connectivity index (χ0n) is 15.8. The molecule has 5 heteroatoms. The number of hydrogen-bond acceptors (Lipinski definition) is 2. The van der Waals surface area contributed by atoms with Gasteiger partial charge in [-0.2, -0.15) is 0 Å². The molecule has 0 N–H and O–H groups in total. The molecule has 1 aliphatic rings. The molecule has 0 radical (unpaired) electrons. The Morgan fingerprint density at radius 1 is 1.11 bits per heavy atom. The predicted octanol–water partition coefficient (Wildman–Crippen LogP) is 5.77. The lowest BCUT2D eigenvalue weighted by atomic mass is 9.93. The number of carbonyl (C=O) groups excluding carboxylic acids is 2. The number of rotatable bonds is 3. The smallest absolute Gasteiger partial charge is 0.234 e. The Morgan fingerprint density at radius 3 is 2.41 bits per heavy atom. The van der Waals surface area contributed by atoms with Gasteiger partial charge >= 0.3 is 0 Å². The summed E-state index contributed by atoms with van der Waals surface area (Å²) in [4.78, 5) is 26.4. The van der Waals surface area contributed by atoms with Gasteiger partial charge in [-0.1, -0.05) is 68.2 Å². The number of halogens is 2. The molecule has 2 amide bonds. The van der Waals surface area contributed by atoms with Crippen LogP contribution in [-0.4, -0.2) is 22.8 Å². The van der Waals surface area contributed by atoms with Crippen LogP contribution in [0.1, 0.15) is 39.2 Å². The second kappa shape index (κ2) is 7.65. The van der Waals surface area contributed by atoms with Gasteiger partial charge < -0.3 is 0 Å². The summed E-state index contributed by atoms with van der Waals surface area (Å²) in [6, 6.07) is 13.4.